The lowest BCUT2D eigenvalue weighted by Crippen LogP contribution is -2.55. The number of carbonyl (C=O) groups is 1. The number of hydrogen-bond donors (Lipinski definition) is 2. The van der Waals surface area contributed by atoms with Crippen LogP contribution < -0.4 is 11.4 Å². The van der Waals surface area contributed by atoms with Crippen LogP contribution in [0.4, 0.5) is 4.79 Å². The van der Waals surface area contributed by atoms with Crippen LogP contribution in [0.1, 0.15) is 33.6 Å². The molecule has 1 amide bonds. The van der Waals surface area contributed by atoms with Crippen LogP contribution in [0.25, 0.3) is 0 Å². The predicted octanol–water partition coefficient (Wildman–Crippen LogP) is 1.02. The molecule has 0 saturated carbocycles. The van der Waals surface area contributed by atoms with Crippen LogP contribution in [0.15, 0.2) is 0 Å². The molecule has 1 saturated heterocycles. The van der Waals surface area contributed by atoms with Gasteiger partial charge in [0.2, 0.25) is 0 Å². The number of nitrogens with zero attached hydrogens (tertiary/aromatic N) is 2. The fourth-order valence-electron chi connectivity index (χ4n) is 1.90. The molecule has 0 radical (unpaired) electrons. The Balaban J connectivity index is 2.58. The summed E-state index contributed by atoms with van der Waals surface area (Å²) in [5.74, 6) is 5.38. The second-order valence-electron chi connectivity index (χ2n) is 5.36. The number of amides is 1. The van der Waals surface area contributed by atoms with Gasteiger partial charge in [-0.1, -0.05) is 12.2 Å². The van der Waals surface area contributed by atoms with E-state index in [-0.39, 0.29) is 12.1 Å². The maximum Gasteiger partial charge on any atom is 0.410 e. The van der Waals surface area contributed by atoms with Gasteiger partial charge in [0.15, 0.2) is 0 Å². The summed E-state index contributed by atoms with van der Waals surface area (Å²) in [4.78, 5) is 13.7. The van der Waals surface area contributed by atoms with E-state index in [1.54, 1.807) is 9.91 Å². The van der Waals surface area contributed by atoms with Crippen molar-refractivity contribution in [3.05, 3.63) is 0 Å². The Hall–Kier alpha value is -0.920. The molecule has 104 valence electrons. The molecule has 1 aliphatic heterocycles. The average molecular weight is 274 g/mol. The van der Waals surface area contributed by atoms with Gasteiger partial charge in [0.1, 0.15) is 5.60 Å². The molecule has 6 nitrogen and oxygen atoms in total. The van der Waals surface area contributed by atoms with E-state index in [0.29, 0.717) is 13.1 Å². The molecule has 0 spiro atoms. The highest BCUT2D eigenvalue weighted by Gasteiger charge is 2.29. The van der Waals surface area contributed by atoms with E-state index >= 15 is 0 Å². The van der Waals surface area contributed by atoms with Crippen molar-refractivity contribution < 1.29 is 9.53 Å². The first-order chi connectivity index (χ1) is 8.37. The monoisotopic (exact) mass is 274 g/mol. The van der Waals surface area contributed by atoms with Crippen molar-refractivity contribution in [2.45, 2.75) is 45.3 Å². The van der Waals surface area contributed by atoms with Crippen LogP contribution in [-0.4, -0.2) is 46.2 Å². The summed E-state index contributed by atoms with van der Waals surface area (Å²) in [6.45, 7) is 6.85. The van der Waals surface area contributed by atoms with Crippen molar-refractivity contribution in [1.29, 1.82) is 0 Å². The van der Waals surface area contributed by atoms with E-state index in [9.17, 15) is 4.79 Å². The molecule has 0 bridgehead atoms. The topological polar surface area (TPSA) is 70.8 Å². The van der Waals surface area contributed by atoms with Crippen molar-refractivity contribution in [2.75, 3.05) is 13.1 Å². The van der Waals surface area contributed by atoms with Crippen LogP contribution in [-0.2, 0) is 4.74 Å². The molecule has 0 aromatic carbocycles. The van der Waals surface area contributed by atoms with E-state index in [2.05, 4.69) is 5.53 Å². The molecule has 0 aromatic heterocycles. The quantitative estimate of drug-likeness (QED) is 0.455. The van der Waals surface area contributed by atoms with Crippen molar-refractivity contribution in [2.24, 2.45) is 5.84 Å². The maximum absolute atomic E-state index is 12.0. The first-order valence-corrected chi connectivity index (χ1v) is 6.52. The number of piperidine rings is 1. The third-order valence-corrected chi connectivity index (χ3v) is 2.93. The molecule has 1 fully saturated rings. The molecule has 0 aliphatic carbocycles. The summed E-state index contributed by atoms with van der Waals surface area (Å²) >= 11 is 4.87. The van der Waals surface area contributed by atoms with Gasteiger partial charge in [-0.25, -0.2) is 4.79 Å². The zero-order valence-corrected chi connectivity index (χ0v) is 12.0. The van der Waals surface area contributed by atoms with Gasteiger partial charge in [-0.2, -0.15) is 5.53 Å². The Morgan fingerprint density at radius 3 is 2.78 bits per heavy atom. The van der Waals surface area contributed by atoms with Crippen molar-refractivity contribution >= 4 is 23.8 Å². The van der Waals surface area contributed by atoms with Gasteiger partial charge in [-0.3, -0.25) is 10.9 Å². The third kappa shape index (κ3) is 4.40. The highest BCUT2D eigenvalue weighted by atomic mass is 32.1. The number of nitrogens with one attached hydrogen (secondary N) is 1. The smallest absolute Gasteiger partial charge is 0.410 e. The first kappa shape index (κ1) is 15.1. The molecule has 0 unspecified atom stereocenters. The molecular weight excluding hydrogens is 252 g/mol. The van der Waals surface area contributed by atoms with Crippen molar-refractivity contribution in [1.82, 2.24) is 15.4 Å². The fourth-order valence-corrected chi connectivity index (χ4v) is 2.13. The molecule has 1 atom stereocenters. The number of nitrogens with two attached hydrogens (primary N) is 1. The van der Waals surface area contributed by atoms with Crippen LogP contribution >= 0.6 is 12.2 Å². The molecule has 1 aliphatic rings. The van der Waals surface area contributed by atoms with Crippen LogP contribution in [0.5, 0.6) is 0 Å². The first-order valence-electron chi connectivity index (χ1n) is 6.05. The summed E-state index contributed by atoms with van der Waals surface area (Å²) in [5, 5.41) is 1.64. The highest BCUT2D eigenvalue weighted by molar-refractivity contribution is 7.78. The molecular formula is C11H22N4O2S. The number of thiocarbonyl (C=S) groups is 1. The number of rotatable bonds is 3. The normalized spacial score (nSPS) is 20.4. The summed E-state index contributed by atoms with van der Waals surface area (Å²) in [5.41, 5.74) is 3.51. The minimum absolute atomic E-state index is 0.0915. The van der Waals surface area contributed by atoms with Gasteiger partial charge in [0, 0.05) is 13.1 Å². The molecule has 1 heterocycles. The van der Waals surface area contributed by atoms with Crippen molar-refractivity contribution in [3.8, 4) is 0 Å². The summed E-state index contributed by atoms with van der Waals surface area (Å²) in [6.07, 6.45) is 1.57. The van der Waals surface area contributed by atoms with Crippen LogP contribution in [0.2, 0.25) is 0 Å². The lowest BCUT2D eigenvalue weighted by Gasteiger charge is -2.38. The fraction of sp³-hybridized carbons (Fsp3) is 0.818. The van der Waals surface area contributed by atoms with E-state index in [1.165, 1.54) is 5.49 Å². The Bertz CT molecular complexity index is 306. The lowest BCUT2D eigenvalue weighted by molar-refractivity contribution is 0.0130. The number of hydrazine groups is 2. The van der Waals surface area contributed by atoms with E-state index in [4.69, 9.17) is 22.8 Å². The van der Waals surface area contributed by atoms with Gasteiger partial charge >= 0.3 is 6.09 Å². The zero-order valence-electron chi connectivity index (χ0n) is 11.2. The molecule has 7 heteroatoms. The van der Waals surface area contributed by atoms with Gasteiger partial charge in [0.05, 0.1) is 11.5 Å². The maximum atomic E-state index is 12.0. The largest absolute Gasteiger partial charge is 0.444 e. The van der Waals surface area contributed by atoms with E-state index in [1.807, 2.05) is 20.8 Å². The lowest BCUT2D eigenvalue weighted by atomic mass is 10.1. The second kappa shape index (κ2) is 6.31. The van der Waals surface area contributed by atoms with Gasteiger partial charge in [0.25, 0.3) is 0 Å². The zero-order chi connectivity index (χ0) is 13.8. The Labute approximate surface area is 113 Å². The van der Waals surface area contributed by atoms with Gasteiger partial charge in [-0.15, -0.1) is 0 Å². The highest BCUT2D eigenvalue weighted by Crippen LogP contribution is 2.17. The average Bonchev–Trinajstić information content (AvgIpc) is 2.29. The minimum Gasteiger partial charge on any atom is -0.444 e. The predicted molar refractivity (Wildman–Crippen MR) is 73.6 cm³/mol. The van der Waals surface area contributed by atoms with Gasteiger partial charge < -0.3 is 9.64 Å². The number of carbonyl (C=O) groups excluding carboxylic acids is 1. The minimum atomic E-state index is -0.472. The molecule has 18 heavy (non-hydrogen) atoms. The summed E-state index contributed by atoms with van der Waals surface area (Å²) in [6, 6.07) is 0.0915. The van der Waals surface area contributed by atoms with Crippen molar-refractivity contribution in [3.63, 3.8) is 0 Å². The SMILES string of the molecule is CC(C)(C)OC(=O)N1CCC[C@@H](N(C=S)NN)C1. The second-order valence-corrected chi connectivity index (χ2v) is 5.58. The standard InChI is InChI=1S/C11H22N4O2S/c1-11(2,3)17-10(16)14-6-4-5-9(7-14)15(8-18)13-12/h8-9,13H,4-7,12H2,1-3H3/t9-/m1/s1. The van der Waals surface area contributed by atoms with Crippen LogP contribution in [0.3, 0.4) is 0 Å². The Morgan fingerprint density at radius 2 is 2.28 bits per heavy atom. The van der Waals surface area contributed by atoms with Gasteiger partial charge in [-0.05, 0) is 33.6 Å². The summed E-state index contributed by atoms with van der Waals surface area (Å²) < 4.78 is 5.35. The number of hydrogen-bond acceptors (Lipinski definition) is 5. The van der Waals surface area contributed by atoms with E-state index in [0.717, 1.165) is 12.8 Å². The molecule has 3 N–H and O–H groups in total. The molecule has 1 rings (SSSR count). The third-order valence-electron chi connectivity index (χ3n) is 2.70. The van der Waals surface area contributed by atoms with Crippen LogP contribution in [0, 0.1) is 0 Å². The number of likely N-dealkylation sites (tertiary alicyclic amines) is 1. The van der Waals surface area contributed by atoms with E-state index < -0.39 is 5.60 Å². The number of ether oxygens (including phenoxy) is 1. The molecule has 0 aromatic rings. The Morgan fingerprint density at radius 1 is 1.61 bits per heavy atom. The summed E-state index contributed by atoms with van der Waals surface area (Å²) in [7, 11) is 0. The Kier molecular flexibility index (Phi) is 5.30.